The van der Waals surface area contributed by atoms with E-state index in [-0.39, 0.29) is 22.8 Å². The number of benzene rings is 4. The lowest BCUT2D eigenvalue weighted by molar-refractivity contribution is 0.0516. The SMILES string of the molecule is CC(C)(C)c1ccc(B(O)O)cc1.CCOC(=O)c1ccccc1-c1ccc(C(C)(C)C)cc1.CCOC(=O)c1ccccc1C. The van der Waals surface area contributed by atoms with Gasteiger partial charge in [-0.1, -0.05) is 126 Å². The predicted octanol–water partition coefficient (Wildman–Crippen LogP) is 7.66. The number of hydrogen-bond acceptors (Lipinski definition) is 6. The van der Waals surface area contributed by atoms with Crippen molar-refractivity contribution in [1.29, 1.82) is 0 Å². The minimum atomic E-state index is -1.37. The molecule has 46 heavy (non-hydrogen) atoms. The summed E-state index contributed by atoms with van der Waals surface area (Å²) in [4.78, 5) is 23.3. The minimum absolute atomic E-state index is 0.110. The maximum atomic E-state index is 12.0. The summed E-state index contributed by atoms with van der Waals surface area (Å²) >= 11 is 0. The zero-order chi connectivity index (χ0) is 34.5. The molecule has 0 amide bonds. The van der Waals surface area contributed by atoms with Crippen LogP contribution in [0.2, 0.25) is 0 Å². The van der Waals surface area contributed by atoms with Crippen molar-refractivity contribution in [2.45, 2.75) is 73.1 Å². The summed E-state index contributed by atoms with van der Waals surface area (Å²) < 4.78 is 10.00. The van der Waals surface area contributed by atoms with Gasteiger partial charge in [0.05, 0.1) is 24.3 Å². The average Bonchev–Trinajstić information content (AvgIpc) is 3.01. The molecule has 0 atom stereocenters. The molecule has 0 aliphatic carbocycles. The molecule has 0 heterocycles. The zero-order valence-electron chi connectivity index (χ0n) is 28.8. The van der Waals surface area contributed by atoms with Crippen LogP contribution in [0.15, 0.2) is 97.1 Å². The van der Waals surface area contributed by atoms with Crippen LogP contribution in [0.4, 0.5) is 0 Å². The van der Waals surface area contributed by atoms with E-state index in [2.05, 4.69) is 65.8 Å². The first-order valence-corrected chi connectivity index (χ1v) is 15.7. The van der Waals surface area contributed by atoms with Gasteiger partial charge in [0, 0.05) is 0 Å². The Balaban J connectivity index is 0.000000255. The third kappa shape index (κ3) is 11.6. The fraction of sp³-hybridized carbons (Fsp3) is 0.333. The average molecular weight is 625 g/mol. The van der Waals surface area contributed by atoms with Crippen LogP contribution in [0.5, 0.6) is 0 Å². The molecule has 0 saturated carbocycles. The van der Waals surface area contributed by atoms with Gasteiger partial charge in [-0.15, -0.1) is 0 Å². The van der Waals surface area contributed by atoms with Crippen LogP contribution < -0.4 is 5.46 Å². The zero-order valence-corrected chi connectivity index (χ0v) is 28.8. The van der Waals surface area contributed by atoms with E-state index in [4.69, 9.17) is 19.5 Å². The van der Waals surface area contributed by atoms with E-state index in [1.807, 2.05) is 68.4 Å². The number of carbonyl (C=O) groups is 2. The Hall–Kier alpha value is -4.20. The van der Waals surface area contributed by atoms with Gasteiger partial charge in [-0.25, -0.2) is 9.59 Å². The van der Waals surface area contributed by atoms with Crippen molar-refractivity contribution in [3.05, 3.63) is 125 Å². The van der Waals surface area contributed by atoms with Crippen molar-refractivity contribution in [3.8, 4) is 11.1 Å². The van der Waals surface area contributed by atoms with Gasteiger partial charge in [0.15, 0.2) is 0 Å². The van der Waals surface area contributed by atoms with Gasteiger partial charge >= 0.3 is 19.1 Å². The number of aryl methyl sites for hydroxylation is 1. The Labute approximate surface area is 275 Å². The summed E-state index contributed by atoms with van der Waals surface area (Å²) in [6.45, 7) is 19.3. The standard InChI is InChI=1S/C19H22O2.C10H15BO2.C10H12O2/c1-5-21-18(20)17-9-7-6-8-16(17)14-10-12-15(13-11-14)19(2,3)4;1-10(2,3)8-4-6-9(7-5-8)11(12)13;1-3-12-10(11)9-7-5-4-6-8(9)2/h6-13H,5H2,1-4H3;4-7,12-13H,1-3H3;4-7H,3H2,1-2H3. The number of esters is 2. The lowest BCUT2D eigenvalue weighted by Gasteiger charge is -2.19. The highest BCUT2D eigenvalue weighted by molar-refractivity contribution is 6.58. The first kappa shape index (κ1) is 38.0. The van der Waals surface area contributed by atoms with Crippen molar-refractivity contribution in [2.75, 3.05) is 13.2 Å². The van der Waals surface area contributed by atoms with Gasteiger partial charge in [-0.2, -0.15) is 0 Å². The normalized spacial score (nSPS) is 10.8. The molecule has 0 radical (unpaired) electrons. The molecule has 0 spiro atoms. The van der Waals surface area contributed by atoms with Crippen LogP contribution in [0.3, 0.4) is 0 Å². The molecule has 4 rings (SSSR count). The Kier molecular flexibility index (Phi) is 14.4. The summed E-state index contributed by atoms with van der Waals surface area (Å²) in [7, 11) is -1.37. The molecule has 0 bridgehead atoms. The summed E-state index contributed by atoms with van der Waals surface area (Å²) in [5.41, 5.74) is 7.41. The molecule has 0 aliphatic heterocycles. The van der Waals surface area contributed by atoms with Gasteiger partial charge in [-0.3, -0.25) is 0 Å². The summed E-state index contributed by atoms with van der Waals surface area (Å²) in [6.07, 6.45) is 0. The molecule has 0 saturated heterocycles. The topological polar surface area (TPSA) is 93.1 Å². The smallest absolute Gasteiger partial charge is 0.462 e. The van der Waals surface area contributed by atoms with E-state index in [0.29, 0.717) is 29.8 Å². The van der Waals surface area contributed by atoms with E-state index in [1.54, 1.807) is 25.1 Å². The molecule has 0 aliphatic rings. The van der Waals surface area contributed by atoms with Crippen LogP contribution in [0.1, 0.15) is 92.8 Å². The van der Waals surface area contributed by atoms with Crippen molar-refractivity contribution in [1.82, 2.24) is 0 Å². The van der Waals surface area contributed by atoms with Crippen molar-refractivity contribution >= 4 is 24.5 Å². The van der Waals surface area contributed by atoms with E-state index in [9.17, 15) is 9.59 Å². The number of hydrogen-bond donors (Lipinski definition) is 2. The molecule has 2 N–H and O–H groups in total. The summed E-state index contributed by atoms with van der Waals surface area (Å²) in [5.74, 6) is -0.511. The molecule has 4 aromatic carbocycles. The third-order valence-corrected chi connectivity index (χ3v) is 7.20. The quantitative estimate of drug-likeness (QED) is 0.169. The highest BCUT2D eigenvalue weighted by Crippen LogP contribution is 2.28. The second-order valence-corrected chi connectivity index (χ2v) is 12.9. The van der Waals surface area contributed by atoms with Crippen LogP contribution in [0, 0.1) is 6.92 Å². The van der Waals surface area contributed by atoms with Crippen LogP contribution in [-0.2, 0) is 20.3 Å². The number of rotatable bonds is 6. The fourth-order valence-electron chi connectivity index (χ4n) is 4.44. The molecule has 0 unspecified atom stereocenters. The van der Waals surface area contributed by atoms with Gasteiger partial charge in [0.2, 0.25) is 0 Å². The molecule has 4 aromatic rings. The molecule has 6 nitrogen and oxygen atoms in total. The van der Waals surface area contributed by atoms with E-state index in [1.165, 1.54) is 11.1 Å². The van der Waals surface area contributed by atoms with Crippen LogP contribution in [-0.4, -0.2) is 42.3 Å². The summed E-state index contributed by atoms with van der Waals surface area (Å²) in [6, 6.07) is 30.7. The lowest BCUT2D eigenvalue weighted by Crippen LogP contribution is -2.29. The van der Waals surface area contributed by atoms with Crippen molar-refractivity contribution < 1.29 is 29.1 Å². The number of ether oxygens (including phenoxy) is 2. The largest absolute Gasteiger partial charge is 0.488 e. The lowest BCUT2D eigenvalue weighted by atomic mass is 9.78. The second kappa shape index (κ2) is 17.5. The van der Waals surface area contributed by atoms with Gasteiger partial charge in [0.25, 0.3) is 0 Å². The first-order chi connectivity index (χ1) is 21.6. The van der Waals surface area contributed by atoms with Crippen molar-refractivity contribution in [3.63, 3.8) is 0 Å². The van der Waals surface area contributed by atoms with Gasteiger partial charge in [-0.05, 0) is 77.0 Å². The fourth-order valence-corrected chi connectivity index (χ4v) is 4.44. The Morgan fingerprint density at radius 1 is 0.609 bits per heavy atom. The van der Waals surface area contributed by atoms with E-state index < -0.39 is 7.12 Å². The predicted molar refractivity (Wildman–Crippen MR) is 189 cm³/mol. The highest BCUT2D eigenvalue weighted by atomic mass is 16.5. The second-order valence-electron chi connectivity index (χ2n) is 12.9. The molecule has 0 aromatic heterocycles. The number of carbonyl (C=O) groups excluding carboxylic acids is 2. The highest BCUT2D eigenvalue weighted by Gasteiger charge is 2.17. The third-order valence-electron chi connectivity index (χ3n) is 7.20. The van der Waals surface area contributed by atoms with Crippen LogP contribution >= 0.6 is 0 Å². The van der Waals surface area contributed by atoms with Crippen LogP contribution in [0.25, 0.3) is 11.1 Å². The molecule has 0 fully saturated rings. The molecular formula is C39H49BO6. The van der Waals surface area contributed by atoms with E-state index >= 15 is 0 Å². The minimum Gasteiger partial charge on any atom is -0.462 e. The first-order valence-electron chi connectivity index (χ1n) is 15.7. The van der Waals surface area contributed by atoms with E-state index in [0.717, 1.165) is 16.7 Å². The summed E-state index contributed by atoms with van der Waals surface area (Å²) in [5, 5.41) is 17.7. The van der Waals surface area contributed by atoms with Gasteiger partial charge in [0.1, 0.15) is 0 Å². The Bertz CT molecular complexity index is 1530. The maximum Gasteiger partial charge on any atom is 0.488 e. The Morgan fingerprint density at radius 2 is 1.02 bits per heavy atom. The van der Waals surface area contributed by atoms with Gasteiger partial charge < -0.3 is 19.5 Å². The molecular weight excluding hydrogens is 575 g/mol. The maximum absolute atomic E-state index is 12.0. The molecule has 7 heteroatoms. The monoisotopic (exact) mass is 624 g/mol. The molecule has 244 valence electrons. The van der Waals surface area contributed by atoms with Crippen molar-refractivity contribution in [2.24, 2.45) is 0 Å². The Morgan fingerprint density at radius 3 is 1.46 bits per heavy atom.